The number of carboxylic acids is 1. The van der Waals surface area contributed by atoms with Crippen molar-refractivity contribution < 1.29 is 20.1 Å². The SMILES string of the molecule is CCCCCCCCCCCCCC(O)(O)NCC(=O)O. The molecule has 0 fully saturated rings. The summed E-state index contributed by atoms with van der Waals surface area (Å²) >= 11 is 0. The van der Waals surface area contributed by atoms with Crippen LogP contribution in [-0.4, -0.2) is 33.7 Å². The summed E-state index contributed by atoms with van der Waals surface area (Å²) in [6.07, 6.45) is 13.3. The van der Waals surface area contributed by atoms with Gasteiger partial charge in [0.05, 0.1) is 6.54 Å². The smallest absolute Gasteiger partial charge is 0.317 e. The highest BCUT2D eigenvalue weighted by molar-refractivity contribution is 5.69. The molecule has 21 heavy (non-hydrogen) atoms. The number of rotatable bonds is 15. The van der Waals surface area contributed by atoms with E-state index in [0.717, 1.165) is 12.8 Å². The highest BCUT2D eigenvalue weighted by atomic mass is 16.5. The molecular formula is C16H33NO4. The molecule has 0 unspecified atom stereocenters. The molecule has 0 aliphatic carbocycles. The van der Waals surface area contributed by atoms with E-state index in [1.807, 2.05) is 0 Å². The Morgan fingerprint density at radius 2 is 1.29 bits per heavy atom. The molecule has 0 aromatic carbocycles. The molecule has 0 aliphatic heterocycles. The zero-order valence-electron chi connectivity index (χ0n) is 13.4. The van der Waals surface area contributed by atoms with Crippen LogP contribution < -0.4 is 5.32 Å². The Labute approximate surface area is 128 Å². The van der Waals surface area contributed by atoms with Gasteiger partial charge in [0.25, 0.3) is 0 Å². The monoisotopic (exact) mass is 303 g/mol. The molecule has 5 heteroatoms. The molecular weight excluding hydrogens is 270 g/mol. The maximum atomic E-state index is 10.3. The van der Waals surface area contributed by atoms with E-state index < -0.39 is 18.4 Å². The zero-order valence-corrected chi connectivity index (χ0v) is 13.4. The highest BCUT2D eigenvalue weighted by Crippen LogP contribution is 2.14. The third kappa shape index (κ3) is 15.6. The van der Waals surface area contributed by atoms with Gasteiger partial charge < -0.3 is 15.3 Å². The number of carboxylic acid groups (broad SMARTS) is 1. The van der Waals surface area contributed by atoms with Gasteiger partial charge in [-0.1, -0.05) is 71.1 Å². The van der Waals surface area contributed by atoms with Gasteiger partial charge in [-0.3, -0.25) is 10.1 Å². The van der Waals surface area contributed by atoms with Crippen LogP contribution in [0.1, 0.15) is 84.0 Å². The first-order valence-electron chi connectivity index (χ1n) is 8.39. The average Bonchev–Trinajstić information content (AvgIpc) is 2.43. The van der Waals surface area contributed by atoms with E-state index in [1.54, 1.807) is 0 Å². The second kappa shape index (κ2) is 13.0. The largest absolute Gasteiger partial charge is 0.480 e. The number of nitrogens with one attached hydrogen (secondary N) is 1. The number of carbonyl (C=O) groups is 1. The molecule has 0 aliphatic rings. The number of hydrogen-bond donors (Lipinski definition) is 4. The van der Waals surface area contributed by atoms with Crippen molar-refractivity contribution in [3.8, 4) is 0 Å². The van der Waals surface area contributed by atoms with E-state index in [-0.39, 0.29) is 6.42 Å². The van der Waals surface area contributed by atoms with Crippen LogP contribution in [0.3, 0.4) is 0 Å². The van der Waals surface area contributed by atoms with Crippen LogP contribution in [0.2, 0.25) is 0 Å². The third-order valence-electron chi connectivity index (χ3n) is 3.65. The van der Waals surface area contributed by atoms with Crippen LogP contribution in [-0.2, 0) is 4.79 Å². The Balaban J connectivity index is 3.29. The quantitative estimate of drug-likeness (QED) is 0.276. The first kappa shape index (κ1) is 20.3. The van der Waals surface area contributed by atoms with Crippen molar-refractivity contribution in [3.05, 3.63) is 0 Å². The second-order valence-corrected chi connectivity index (χ2v) is 5.85. The molecule has 0 saturated carbocycles. The Kier molecular flexibility index (Phi) is 12.6. The van der Waals surface area contributed by atoms with Gasteiger partial charge in [0.2, 0.25) is 5.91 Å². The molecule has 0 bridgehead atoms. The van der Waals surface area contributed by atoms with Gasteiger partial charge in [-0.15, -0.1) is 0 Å². The van der Waals surface area contributed by atoms with Crippen molar-refractivity contribution in [1.82, 2.24) is 5.32 Å². The van der Waals surface area contributed by atoms with Crippen molar-refractivity contribution in [1.29, 1.82) is 0 Å². The molecule has 0 aromatic rings. The van der Waals surface area contributed by atoms with Gasteiger partial charge in [-0.25, -0.2) is 0 Å². The Morgan fingerprint density at radius 1 is 0.857 bits per heavy atom. The predicted octanol–water partition coefficient (Wildman–Crippen LogP) is 3.00. The minimum absolute atomic E-state index is 0.164. The van der Waals surface area contributed by atoms with E-state index in [9.17, 15) is 15.0 Å². The van der Waals surface area contributed by atoms with Gasteiger partial charge in [-0.2, -0.15) is 0 Å². The summed E-state index contributed by atoms with van der Waals surface area (Å²) in [5, 5.41) is 29.6. The fourth-order valence-corrected chi connectivity index (χ4v) is 2.34. The van der Waals surface area contributed by atoms with E-state index in [4.69, 9.17) is 5.11 Å². The molecule has 0 rings (SSSR count). The molecule has 0 heterocycles. The fraction of sp³-hybridized carbons (Fsp3) is 0.938. The zero-order chi connectivity index (χ0) is 16.0. The van der Waals surface area contributed by atoms with Crippen molar-refractivity contribution in [2.24, 2.45) is 0 Å². The summed E-state index contributed by atoms with van der Waals surface area (Å²) in [7, 11) is 0. The normalized spacial score (nSPS) is 11.8. The van der Waals surface area contributed by atoms with Crippen LogP contribution in [0.5, 0.6) is 0 Å². The van der Waals surface area contributed by atoms with Crippen molar-refractivity contribution in [2.45, 2.75) is 89.9 Å². The number of aliphatic hydroxyl groups is 2. The minimum atomic E-state index is -2.06. The lowest BCUT2D eigenvalue weighted by Gasteiger charge is -2.21. The first-order valence-corrected chi connectivity index (χ1v) is 8.39. The lowest BCUT2D eigenvalue weighted by Crippen LogP contribution is -2.47. The molecule has 4 N–H and O–H groups in total. The van der Waals surface area contributed by atoms with Crippen molar-refractivity contribution >= 4 is 5.97 Å². The maximum absolute atomic E-state index is 10.3. The van der Waals surface area contributed by atoms with Crippen LogP contribution >= 0.6 is 0 Å². The molecule has 0 spiro atoms. The lowest BCUT2D eigenvalue weighted by molar-refractivity contribution is -0.193. The van der Waals surface area contributed by atoms with E-state index in [0.29, 0.717) is 6.42 Å². The fourth-order valence-electron chi connectivity index (χ4n) is 2.34. The molecule has 126 valence electrons. The van der Waals surface area contributed by atoms with Gasteiger partial charge in [0, 0.05) is 6.42 Å². The van der Waals surface area contributed by atoms with Gasteiger partial charge in [0.1, 0.15) is 0 Å². The number of unbranched alkanes of at least 4 members (excludes halogenated alkanes) is 10. The van der Waals surface area contributed by atoms with Gasteiger partial charge >= 0.3 is 5.97 Å². The third-order valence-corrected chi connectivity index (χ3v) is 3.65. The molecule has 0 atom stereocenters. The molecule has 0 saturated heterocycles. The van der Waals surface area contributed by atoms with Crippen LogP contribution in [0.4, 0.5) is 0 Å². The summed E-state index contributed by atoms with van der Waals surface area (Å²) in [4.78, 5) is 10.3. The molecule has 0 aromatic heterocycles. The Morgan fingerprint density at radius 3 is 1.71 bits per heavy atom. The van der Waals surface area contributed by atoms with Gasteiger partial charge in [0.15, 0.2) is 0 Å². The standard InChI is InChI=1S/C16H33NO4/c1-2-3-4-5-6-7-8-9-10-11-12-13-16(20,21)17-14-15(18)19/h17,20-21H,2-14H2,1H3,(H,18,19). The van der Waals surface area contributed by atoms with E-state index in [2.05, 4.69) is 12.2 Å². The predicted molar refractivity (Wildman–Crippen MR) is 83.9 cm³/mol. The topological polar surface area (TPSA) is 89.8 Å². The molecule has 0 amide bonds. The van der Waals surface area contributed by atoms with Crippen LogP contribution in [0.15, 0.2) is 0 Å². The van der Waals surface area contributed by atoms with Crippen LogP contribution in [0.25, 0.3) is 0 Å². The van der Waals surface area contributed by atoms with E-state index >= 15 is 0 Å². The first-order chi connectivity index (χ1) is 9.98. The number of hydrogen-bond acceptors (Lipinski definition) is 4. The maximum Gasteiger partial charge on any atom is 0.317 e. The lowest BCUT2D eigenvalue weighted by atomic mass is 10.0. The van der Waals surface area contributed by atoms with Crippen molar-refractivity contribution in [2.75, 3.05) is 6.54 Å². The summed E-state index contributed by atoms with van der Waals surface area (Å²) in [6, 6.07) is 0. The van der Waals surface area contributed by atoms with Crippen LogP contribution in [0, 0.1) is 0 Å². The van der Waals surface area contributed by atoms with Crippen molar-refractivity contribution in [3.63, 3.8) is 0 Å². The molecule has 5 nitrogen and oxygen atoms in total. The van der Waals surface area contributed by atoms with Gasteiger partial charge in [-0.05, 0) is 6.42 Å². The Bertz CT molecular complexity index is 257. The number of aliphatic carboxylic acids is 1. The summed E-state index contributed by atoms with van der Waals surface area (Å²) < 4.78 is 0. The summed E-state index contributed by atoms with van der Waals surface area (Å²) in [5.74, 6) is -3.15. The highest BCUT2D eigenvalue weighted by Gasteiger charge is 2.22. The second-order valence-electron chi connectivity index (χ2n) is 5.85. The minimum Gasteiger partial charge on any atom is -0.480 e. The average molecular weight is 303 g/mol. The summed E-state index contributed by atoms with van der Waals surface area (Å²) in [6.45, 7) is 1.79. The molecule has 0 radical (unpaired) electrons. The van der Waals surface area contributed by atoms with E-state index in [1.165, 1.54) is 51.4 Å². The summed E-state index contributed by atoms with van der Waals surface area (Å²) in [5.41, 5.74) is 0. The Hall–Kier alpha value is -0.650.